The fourth-order valence-corrected chi connectivity index (χ4v) is 9.20. The summed E-state index contributed by atoms with van der Waals surface area (Å²) in [5, 5.41) is 12.5. The number of hydrogen-bond acceptors (Lipinski definition) is 1. The van der Waals surface area contributed by atoms with Gasteiger partial charge in [0.2, 0.25) is 0 Å². The fourth-order valence-electron chi connectivity index (χ4n) is 3.50. The van der Waals surface area contributed by atoms with E-state index in [1.165, 1.54) is 0 Å². The van der Waals surface area contributed by atoms with Crippen molar-refractivity contribution >= 4 is 39.1 Å². The predicted molar refractivity (Wildman–Crippen MR) is 109 cm³/mol. The minimum absolute atomic E-state index is 0.268. The van der Waals surface area contributed by atoms with Crippen molar-refractivity contribution in [1.82, 2.24) is 0 Å². The van der Waals surface area contributed by atoms with E-state index >= 15 is 0 Å². The number of rotatable bonds is 5. The standard InChI is InChI=1S/C21H20ClO2P/c1-2-25(22,17-11-5-3-6-12-17,18-13-7-4-8-14-18)20-16-10-9-15-19(20)21(23)24/h3-16H,2H2,1H3,(H,23,24). The quantitative estimate of drug-likeness (QED) is 0.676. The van der Waals surface area contributed by atoms with E-state index in [1.807, 2.05) is 79.7 Å². The molecule has 0 aliphatic heterocycles. The van der Waals surface area contributed by atoms with Crippen LogP contribution >= 0.6 is 17.2 Å². The zero-order chi connectivity index (χ0) is 17.9. The molecule has 25 heavy (non-hydrogen) atoms. The number of aromatic carboxylic acids is 1. The van der Waals surface area contributed by atoms with E-state index in [0.29, 0.717) is 11.5 Å². The first-order valence-electron chi connectivity index (χ1n) is 8.19. The second kappa shape index (κ2) is 6.63. The summed E-state index contributed by atoms with van der Waals surface area (Å²) in [5.41, 5.74) is 0.268. The molecule has 0 spiro atoms. The molecule has 0 saturated heterocycles. The van der Waals surface area contributed by atoms with Crippen LogP contribution in [-0.2, 0) is 0 Å². The van der Waals surface area contributed by atoms with Crippen LogP contribution in [0, 0.1) is 0 Å². The summed E-state index contributed by atoms with van der Waals surface area (Å²) in [6, 6.07) is 26.9. The molecule has 0 saturated carbocycles. The van der Waals surface area contributed by atoms with Crippen LogP contribution in [0.4, 0.5) is 0 Å². The van der Waals surface area contributed by atoms with Crippen LogP contribution in [0.5, 0.6) is 0 Å². The van der Waals surface area contributed by atoms with E-state index in [9.17, 15) is 9.90 Å². The number of hydrogen-bond donors (Lipinski definition) is 1. The number of benzene rings is 3. The summed E-state index contributed by atoms with van der Waals surface area (Å²) in [6.45, 7) is 2.05. The van der Waals surface area contributed by atoms with Crippen molar-refractivity contribution < 1.29 is 9.90 Å². The number of carboxylic acids is 1. The summed E-state index contributed by atoms with van der Waals surface area (Å²) >= 11 is 7.67. The van der Waals surface area contributed by atoms with Gasteiger partial charge in [0, 0.05) is 0 Å². The van der Waals surface area contributed by atoms with Crippen LogP contribution in [0.15, 0.2) is 84.9 Å². The van der Waals surface area contributed by atoms with Crippen LogP contribution in [0.25, 0.3) is 0 Å². The Kier molecular flexibility index (Phi) is 4.69. The predicted octanol–water partition coefficient (Wildman–Crippen LogP) is 4.39. The third kappa shape index (κ3) is 2.66. The van der Waals surface area contributed by atoms with Crippen molar-refractivity contribution in [2.75, 3.05) is 6.16 Å². The Morgan fingerprint density at radius 2 is 1.28 bits per heavy atom. The van der Waals surface area contributed by atoms with Crippen LogP contribution in [0.1, 0.15) is 17.3 Å². The Morgan fingerprint density at radius 3 is 1.72 bits per heavy atom. The van der Waals surface area contributed by atoms with Gasteiger partial charge in [0.25, 0.3) is 0 Å². The van der Waals surface area contributed by atoms with Crippen molar-refractivity contribution in [3.05, 3.63) is 90.5 Å². The maximum absolute atomic E-state index is 12.0. The molecule has 0 aromatic heterocycles. The first-order chi connectivity index (χ1) is 12.0. The summed E-state index contributed by atoms with van der Waals surface area (Å²) in [6.07, 6.45) is 0.630. The van der Waals surface area contributed by atoms with Gasteiger partial charge in [-0.1, -0.05) is 0 Å². The molecule has 1 N–H and O–H groups in total. The van der Waals surface area contributed by atoms with Crippen molar-refractivity contribution in [2.45, 2.75) is 6.92 Å². The fraction of sp³-hybridized carbons (Fsp3) is 0.0952. The van der Waals surface area contributed by atoms with Gasteiger partial charge in [-0.25, -0.2) is 0 Å². The van der Waals surface area contributed by atoms with Crippen molar-refractivity contribution in [1.29, 1.82) is 0 Å². The Bertz CT molecular complexity index is 855. The molecular weight excluding hydrogens is 351 g/mol. The van der Waals surface area contributed by atoms with Gasteiger partial charge in [-0.3, -0.25) is 0 Å². The molecule has 0 radical (unpaired) electrons. The molecular formula is C21H20ClO2P. The molecule has 0 heterocycles. The molecule has 0 aliphatic rings. The van der Waals surface area contributed by atoms with Gasteiger partial charge in [0.1, 0.15) is 0 Å². The average molecular weight is 371 g/mol. The number of carbonyl (C=O) groups is 1. The van der Waals surface area contributed by atoms with Gasteiger partial charge in [0.15, 0.2) is 0 Å². The molecule has 0 bridgehead atoms. The monoisotopic (exact) mass is 370 g/mol. The zero-order valence-electron chi connectivity index (χ0n) is 14.0. The van der Waals surface area contributed by atoms with Crippen LogP contribution in [0.3, 0.4) is 0 Å². The van der Waals surface area contributed by atoms with E-state index in [2.05, 4.69) is 0 Å². The summed E-state index contributed by atoms with van der Waals surface area (Å²) in [4.78, 5) is 12.0. The molecule has 3 aromatic rings. The molecule has 3 aromatic carbocycles. The van der Waals surface area contributed by atoms with Gasteiger partial charge in [0.05, 0.1) is 0 Å². The second-order valence-electron chi connectivity index (χ2n) is 5.99. The Balaban J connectivity index is 2.49. The Hall–Kier alpha value is -2.15. The average Bonchev–Trinajstić information content (AvgIpc) is 2.69. The summed E-state index contributed by atoms with van der Waals surface area (Å²) < 4.78 is 0. The Morgan fingerprint density at radius 1 is 0.840 bits per heavy atom. The third-order valence-electron chi connectivity index (χ3n) is 4.82. The minimum atomic E-state index is -3.42. The first kappa shape index (κ1) is 17.7. The van der Waals surface area contributed by atoms with Crippen molar-refractivity contribution in [3.63, 3.8) is 0 Å². The number of carboxylic acid groups (broad SMARTS) is 1. The molecule has 3 rings (SSSR count). The molecule has 0 atom stereocenters. The first-order valence-corrected chi connectivity index (χ1v) is 11.5. The van der Waals surface area contributed by atoms with Gasteiger partial charge >= 0.3 is 153 Å². The molecule has 0 aliphatic carbocycles. The SMILES string of the molecule is CCP(Cl)(c1ccccc1)(c1ccccc1)c1ccccc1C(=O)O. The summed E-state index contributed by atoms with van der Waals surface area (Å²) in [7, 11) is 0. The maximum atomic E-state index is 12.0. The van der Waals surface area contributed by atoms with E-state index in [0.717, 1.165) is 10.6 Å². The molecule has 0 fully saturated rings. The van der Waals surface area contributed by atoms with E-state index in [4.69, 9.17) is 11.2 Å². The van der Waals surface area contributed by atoms with Gasteiger partial charge in [-0.15, -0.1) is 0 Å². The molecule has 4 heteroatoms. The third-order valence-corrected chi connectivity index (χ3v) is 12.6. The van der Waals surface area contributed by atoms with E-state index < -0.39 is 11.9 Å². The topological polar surface area (TPSA) is 37.3 Å². The molecule has 0 unspecified atom stereocenters. The molecule has 128 valence electrons. The number of halogens is 1. The van der Waals surface area contributed by atoms with Gasteiger partial charge < -0.3 is 0 Å². The van der Waals surface area contributed by atoms with Gasteiger partial charge in [-0.2, -0.15) is 0 Å². The zero-order valence-corrected chi connectivity index (χ0v) is 15.6. The second-order valence-corrected chi connectivity index (χ2v) is 12.7. The van der Waals surface area contributed by atoms with Crippen molar-refractivity contribution in [3.8, 4) is 0 Å². The van der Waals surface area contributed by atoms with Crippen LogP contribution in [0.2, 0.25) is 0 Å². The van der Waals surface area contributed by atoms with E-state index in [1.54, 1.807) is 12.1 Å². The normalized spacial score (nSPS) is 13.0. The van der Waals surface area contributed by atoms with Crippen LogP contribution in [-0.4, -0.2) is 17.2 Å². The molecule has 0 amide bonds. The van der Waals surface area contributed by atoms with E-state index in [-0.39, 0.29) is 5.56 Å². The summed E-state index contributed by atoms with van der Waals surface area (Å²) in [5.74, 6) is -4.38. The van der Waals surface area contributed by atoms with Gasteiger partial charge in [-0.05, 0) is 0 Å². The van der Waals surface area contributed by atoms with Crippen LogP contribution < -0.4 is 15.9 Å². The van der Waals surface area contributed by atoms with Crippen molar-refractivity contribution in [2.24, 2.45) is 0 Å². The molecule has 2 nitrogen and oxygen atoms in total. The Labute approximate surface area is 152 Å².